The molecule has 1 fully saturated rings. The number of aromatic carboxylic acids is 1. The molecule has 3 atom stereocenters. The van der Waals surface area contributed by atoms with E-state index in [1.807, 2.05) is 13.8 Å². The van der Waals surface area contributed by atoms with Gasteiger partial charge in [-0.3, -0.25) is 9.55 Å². The first-order valence-electron chi connectivity index (χ1n) is 13.8. The molecule has 1 saturated carbocycles. The molecule has 3 heterocycles. The molecule has 0 saturated heterocycles. The van der Waals surface area contributed by atoms with Crippen molar-refractivity contribution in [3.63, 3.8) is 0 Å². The van der Waals surface area contributed by atoms with E-state index in [1.54, 1.807) is 53.6 Å². The van der Waals surface area contributed by atoms with Gasteiger partial charge in [0.15, 0.2) is 17.5 Å². The molecule has 3 aromatic heterocycles. The van der Waals surface area contributed by atoms with Gasteiger partial charge in [-0.2, -0.15) is 18.2 Å². The number of aromatic nitrogens is 5. The third kappa shape index (κ3) is 5.65. The minimum Gasteiger partial charge on any atom is -0.475 e. The van der Waals surface area contributed by atoms with Crippen LogP contribution in [0.15, 0.2) is 67.4 Å². The average Bonchev–Trinajstić information content (AvgIpc) is 3.29. The summed E-state index contributed by atoms with van der Waals surface area (Å²) in [5.41, 5.74) is 0.396. The molecule has 1 aliphatic rings. The molecule has 0 spiro atoms. The number of halogens is 3. The summed E-state index contributed by atoms with van der Waals surface area (Å²) in [5.74, 6) is -1.76. The van der Waals surface area contributed by atoms with Crippen LogP contribution in [0.1, 0.15) is 67.1 Å². The summed E-state index contributed by atoms with van der Waals surface area (Å²) < 4.78 is 46.6. The summed E-state index contributed by atoms with van der Waals surface area (Å²) in [6.45, 7) is 7.69. The second-order valence-electron chi connectivity index (χ2n) is 10.5. The predicted octanol–water partition coefficient (Wildman–Crippen LogP) is 6.43. The maximum atomic E-state index is 15.2. The number of nitrogens with one attached hydrogen (secondary N) is 1. The second-order valence-corrected chi connectivity index (χ2v) is 10.5. The van der Waals surface area contributed by atoms with Gasteiger partial charge in [-0.1, -0.05) is 48.9 Å². The van der Waals surface area contributed by atoms with Crippen LogP contribution < -0.4 is 10.2 Å². The molecule has 2 unspecified atom stereocenters. The van der Waals surface area contributed by atoms with E-state index in [1.165, 1.54) is 12.1 Å². The first kappa shape index (κ1) is 29.0. The summed E-state index contributed by atoms with van der Waals surface area (Å²) >= 11 is 0. The molecule has 0 aliphatic heterocycles. The lowest BCUT2D eigenvalue weighted by molar-refractivity contribution is -0.155. The standard InChI is InChI=1S/C30H32F3N7O2/c1-4-17-39(19(3)22-15-8-9-16-34-22)29-38-26-23(40(29)24(30(31,32)33)21-11-6-5-7-12-21)25(36-27(37-26)28(41)42)35-18(2)20-13-10-14-20/h4-9,11-12,15-16,18-20,24H,1,10,13-14,17H2,2-3H3,(H,41,42)(H,35,36,37)/t18-,19?,24?/m1/s1. The van der Waals surface area contributed by atoms with Crippen LogP contribution in [0.25, 0.3) is 11.2 Å². The second kappa shape index (κ2) is 11.8. The van der Waals surface area contributed by atoms with Gasteiger partial charge in [-0.15, -0.1) is 6.58 Å². The number of hydrogen-bond donors (Lipinski definition) is 2. The minimum atomic E-state index is -4.76. The van der Waals surface area contributed by atoms with Crippen molar-refractivity contribution in [3.05, 3.63) is 84.5 Å². The number of benzene rings is 1. The molecule has 4 aromatic rings. The number of imidazole rings is 1. The molecule has 1 aliphatic carbocycles. The molecular weight excluding hydrogens is 547 g/mol. The zero-order valence-corrected chi connectivity index (χ0v) is 23.3. The molecule has 0 amide bonds. The fourth-order valence-electron chi connectivity index (χ4n) is 5.36. The highest BCUT2D eigenvalue weighted by Crippen LogP contribution is 2.44. The van der Waals surface area contributed by atoms with Crippen LogP contribution in [-0.2, 0) is 0 Å². The van der Waals surface area contributed by atoms with Gasteiger partial charge in [0.2, 0.25) is 11.8 Å². The first-order chi connectivity index (χ1) is 20.1. The number of alkyl halides is 3. The van der Waals surface area contributed by atoms with Gasteiger partial charge in [0.05, 0.1) is 11.7 Å². The van der Waals surface area contributed by atoms with Crippen molar-refractivity contribution >= 4 is 28.9 Å². The maximum absolute atomic E-state index is 15.2. The van der Waals surface area contributed by atoms with Gasteiger partial charge in [-0.25, -0.2) is 14.8 Å². The number of carboxylic acid groups (broad SMARTS) is 1. The monoisotopic (exact) mass is 579 g/mol. The summed E-state index contributed by atoms with van der Waals surface area (Å²) in [6, 6.07) is 10.0. The third-order valence-electron chi connectivity index (χ3n) is 7.79. The molecule has 2 N–H and O–H groups in total. The lowest BCUT2D eigenvalue weighted by atomic mass is 9.80. The number of pyridine rings is 1. The van der Waals surface area contributed by atoms with E-state index in [2.05, 4.69) is 31.8 Å². The van der Waals surface area contributed by atoms with Crippen LogP contribution in [0.5, 0.6) is 0 Å². The van der Waals surface area contributed by atoms with Gasteiger partial charge in [0.25, 0.3) is 0 Å². The Morgan fingerprint density at radius 1 is 1.14 bits per heavy atom. The molecule has 1 aromatic carbocycles. The van der Waals surface area contributed by atoms with Crippen molar-refractivity contribution in [1.82, 2.24) is 24.5 Å². The van der Waals surface area contributed by atoms with Gasteiger partial charge >= 0.3 is 12.1 Å². The van der Waals surface area contributed by atoms with Crippen LogP contribution in [-0.4, -0.2) is 54.3 Å². The Balaban J connectivity index is 1.83. The Hall–Kier alpha value is -4.48. The van der Waals surface area contributed by atoms with Crippen molar-refractivity contribution in [2.24, 2.45) is 5.92 Å². The van der Waals surface area contributed by atoms with Crippen molar-refractivity contribution in [1.29, 1.82) is 0 Å². The van der Waals surface area contributed by atoms with E-state index in [0.717, 1.165) is 23.8 Å². The van der Waals surface area contributed by atoms with Gasteiger partial charge < -0.3 is 15.3 Å². The molecule has 9 nitrogen and oxygen atoms in total. The van der Waals surface area contributed by atoms with Crippen LogP contribution in [0.2, 0.25) is 0 Å². The molecule has 220 valence electrons. The zero-order valence-electron chi connectivity index (χ0n) is 23.3. The normalized spacial score (nSPS) is 15.9. The zero-order chi connectivity index (χ0) is 30.0. The molecule has 12 heteroatoms. The molecule has 5 rings (SSSR count). The maximum Gasteiger partial charge on any atom is 0.413 e. The number of fused-ring (bicyclic) bond motifs is 1. The van der Waals surface area contributed by atoms with Gasteiger partial charge in [0, 0.05) is 18.8 Å². The van der Waals surface area contributed by atoms with Crippen LogP contribution >= 0.6 is 0 Å². The van der Waals surface area contributed by atoms with Gasteiger partial charge in [-0.05, 0) is 50.3 Å². The Morgan fingerprint density at radius 2 is 1.86 bits per heavy atom. The highest BCUT2D eigenvalue weighted by molar-refractivity contribution is 5.92. The number of nitrogens with zero attached hydrogens (tertiary/aromatic N) is 6. The smallest absolute Gasteiger partial charge is 0.413 e. The fraction of sp³-hybridized carbons (Fsp3) is 0.367. The van der Waals surface area contributed by atoms with E-state index in [-0.39, 0.29) is 47.0 Å². The highest BCUT2D eigenvalue weighted by Gasteiger charge is 2.46. The Labute approximate surface area is 241 Å². The van der Waals surface area contributed by atoms with Gasteiger partial charge in [0.1, 0.15) is 5.52 Å². The summed E-state index contributed by atoms with van der Waals surface area (Å²) in [7, 11) is 0. The van der Waals surface area contributed by atoms with Crippen molar-refractivity contribution in [2.45, 2.75) is 57.4 Å². The van der Waals surface area contributed by atoms with E-state index >= 15 is 13.2 Å². The summed E-state index contributed by atoms with van der Waals surface area (Å²) in [6.07, 6.45) is 1.40. The van der Waals surface area contributed by atoms with Crippen LogP contribution in [0.4, 0.5) is 24.9 Å². The molecular formula is C30H32F3N7O2. The molecule has 42 heavy (non-hydrogen) atoms. The minimum absolute atomic E-state index is 0.00947. The number of rotatable bonds is 11. The Bertz CT molecular complexity index is 1560. The summed E-state index contributed by atoms with van der Waals surface area (Å²) in [5, 5.41) is 13.0. The number of carbonyl (C=O) groups is 1. The predicted molar refractivity (Wildman–Crippen MR) is 154 cm³/mol. The number of carboxylic acids is 1. The largest absolute Gasteiger partial charge is 0.475 e. The lowest BCUT2D eigenvalue weighted by Gasteiger charge is -2.34. The molecule has 0 bridgehead atoms. The average molecular weight is 580 g/mol. The lowest BCUT2D eigenvalue weighted by Crippen LogP contribution is -2.35. The molecule has 0 radical (unpaired) electrons. The summed E-state index contributed by atoms with van der Waals surface area (Å²) in [4.78, 5) is 31.0. The SMILES string of the molecule is C=CCN(c1nc2nc(C(=O)O)nc(N[C@H](C)C3CCC3)c2n1C(c1ccccc1)C(F)(F)F)C(C)c1ccccn1. The Kier molecular flexibility index (Phi) is 8.15. The van der Waals surface area contributed by atoms with E-state index in [0.29, 0.717) is 5.69 Å². The van der Waals surface area contributed by atoms with Crippen LogP contribution in [0.3, 0.4) is 0 Å². The quantitative estimate of drug-likeness (QED) is 0.196. The first-order valence-corrected chi connectivity index (χ1v) is 13.8. The van der Waals surface area contributed by atoms with E-state index < -0.39 is 30.1 Å². The fourth-order valence-corrected chi connectivity index (χ4v) is 5.36. The number of anilines is 2. The van der Waals surface area contributed by atoms with Crippen molar-refractivity contribution in [2.75, 3.05) is 16.8 Å². The highest BCUT2D eigenvalue weighted by atomic mass is 19.4. The van der Waals surface area contributed by atoms with Crippen molar-refractivity contribution < 1.29 is 23.1 Å². The van der Waals surface area contributed by atoms with Crippen molar-refractivity contribution in [3.8, 4) is 0 Å². The third-order valence-corrected chi connectivity index (χ3v) is 7.79. The topological polar surface area (TPSA) is 109 Å². The van der Waals surface area contributed by atoms with Crippen LogP contribution in [0, 0.1) is 5.92 Å². The van der Waals surface area contributed by atoms with E-state index in [9.17, 15) is 9.90 Å². The van der Waals surface area contributed by atoms with E-state index in [4.69, 9.17) is 0 Å². The Morgan fingerprint density at radius 3 is 2.43 bits per heavy atom. The number of hydrogen-bond acceptors (Lipinski definition) is 7.